The van der Waals surface area contributed by atoms with Gasteiger partial charge >= 0.3 is 5.69 Å². The number of aryl methyl sites for hydroxylation is 3. The summed E-state index contributed by atoms with van der Waals surface area (Å²) in [5, 5.41) is 27.0. The Kier molecular flexibility index (Phi) is 9.87. The van der Waals surface area contributed by atoms with Crippen LogP contribution in [0.1, 0.15) is 18.1 Å². The minimum Gasteiger partial charge on any atom is -0.496 e. The van der Waals surface area contributed by atoms with Crippen LogP contribution in [0.4, 0.5) is 4.39 Å². The molecule has 14 heteroatoms. The zero-order valence-electron chi connectivity index (χ0n) is 21.2. The second-order valence-electron chi connectivity index (χ2n) is 7.96. The number of amides is 1. The molecule has 0 aliphatic rings. The van der Waals surface area contributed by atoms with E-state index in [1.807, 2.05) is 0 Å². The molecule has 3 aromatic heterocycles. The zero-order chi connectivity index (χ0) is 27.8. The van der Waals surface area contributed by atoms with Gasteiger partial charge in [0, 0.05) is 18.7 Å². The predicted molar refractivity (Wildman–Crippen MR) is 140 cm³/mol. The monoisotopic (exact) mass is 548 g/mol. The minimum absolute atomic E-state index is 0.125. The van der Waals surface area contributed by atoms with Crippen molar-refractivity contribution in [2.45, 2.75) is 33.4 Å². The number of aliphatic hydroxyl groups excluding tert-OH is 2. The highest BCUT2D eigenvalue weighted by atomic mass is 32.1. The Hall–Kier alpha value is -3.88. The lowest BCUT2D eigenvalue weighted by Gasteiger charge is -2.13. The molecule has 3 N–H and O–H groups in total. The number of carbonyl (C=O) groups excluding carboxylic acids is 1. The van der Waals surface area contributed by atoms with Gasteiger partial charge in [-0.3, -0.25) is 18.7 Å². The molecule has 0 aliphatic carbocycles. The summed E-state index contributed by atoms with van der Waals surface area (Å²) < 4.78 is 21.5. The van der Waals surface area contributed by atoms with Crippen molar-refractivity contribution >= 4 is 27.5 Å². The zero-order valence-corrected chi connectivity index (χ0v) is 22.0. The highest BCUT2D eigenvalue weighted by Crippen LogP contribution is 2.30. The predicted octanol–water partition coefficient (Wildman–Crippen LogP) is 0.611. The summed E-state index contributed by atoms with van der Waals surface area (Å²) in [4.78, 5) is 40.8. The third-order valence-corrected chi connectivity index (χ3v) is 6.77. The van der Waals surface area contributed by atoms with E-state index >= 15 is 0 Å². The molecule has 1 amide bonds. The summed E-state index contributed by atoms with van der Waals surface area (Å²) >= 11 is 1.20. The molecule has 0 spiro atoms. The Balaban J connectivity index is 0.000000934. The van der Waals surface area contributed by atoms with Crippen LogP contribution in [0.5, 0.6) is 5.75 Å². The number of carbonyl (C=O) groups is 1. The van der Waals surface area contributed by atoms with Crippen LogP contribution in [0.15, 0.2) is 40.2 Å². The topological polar surface area (TPSA) is 154 Å². The summed E-state index contributed by atoms with van der Waals surface area (Å²) in [6.45, 7) is 3.35. The summed E-state index contributed by atoms with van der Waals surface area (Å²) in [7, 11) is 1.49. The number of ether oxygens (including phenoxy) is 1. The molecule has 3 heterocycles. The number of methoxy groups -OCH3 is 1. The van der Waals surface area contributed by atoms with Gasteiger partial charge in [-0.1, -0.05) is 11.3 Å². The van der Waals surface area contributed by atoms with E-state index in [1.54, 1.807) is 13.8 Å². The number of benzene rings is 1. The van der Waals surface area contributed by atoms with Crippen molar-refractivity contribution in [3.63, 3.8) is 0 Å². The van der Waals surface area contributed by atoms with Crippen molar-refractivity contribution in [3.05, 3.63) is 68.4 Å². The highest BCUT2D eigenvalue weighted by molar-refractivity contribution is 7.21. The molecule has 204 valence electrons. The smallest absolute Gasteiger partial charge is 0.332 e. The quantitative estimate of drug-likeness (QED) is 0.275. The maximum absolute atomic E-state index is 13.9. The molecule has 4 rings (SSSR count). The Bertz CT molecular complexity index is 1510. The van der Waals surface area contributed by atoms with Crippen molar-refractivity contribution in [3.8, 4) is 10.8 Å². The molecule has 0 aliphatic heterocycles. The van der Waals surface area contributed by atoms with Gasteiger partial charge in [-0.25, -0.2) is 9.18 Å². The fourth-order valence-corrected chi connectivity index (χ4v) is 5.04. The number of nitrogens with zero attached hydrogens (tertiary/aromatic N) is 5. The first-order valence-corrected chi connectivity index (χ1v) is 12.5. The number of fused-ring (bicyclic) bond motifs is 1. The van der Waals surface area contributed by atoms with Crippen LogP contribution >= 0.6 is 11.3 Å². The number of hydrogen-bond acceptors (Lipinski definition) is 9. The third kappa shape index (κ3) is 6.15. The highest BCUT2D eigenvalue weighted by Gasteiger charge is 2.22. The SMILES string of the molecule is CCNC(=O)Cn1c(=O)c2c(C)c(-n3nccn3)sc2n(CCc2cc(F)ccc2OC)c1=O.OCCO. The number of nitrogens with one attached hydrogen (secondary N) is 1. The van der Waals surface area contributed by atoms with E-state index in [0.29, 0.717) is 38.6 Å². The lowest BCUT2D eigenvalue weighted by Crippen LogP contribution is -2.43. The number of aromatic nitrogens is 5. The first-order valence-electron chi connectivity index (χ1n) is 11.7. The van der Waals surface area contributed by atoms with Crippen LogP contribution in [0.25, 0.3) is 15.2 Å². The van der Waals surface area contributed by atoms with E-state index < -0.39 is 29.5 Å². The summed E-state index contributed by atoms with van der Waals surface area (Å²) in [5.74, 6) is -0.375. The third-order valence-electron chi connectivity index (χ3n) is 5.49. The maximum Gasteiger partial charge on any atom is 0.332 e. The van der Waals surface area contributed by atoms with Crippen molar-refractivity contribution in [2.75, 3.05) is 26.9 Å². The number of hydrogen-bond donors (Lipinski definition) is 3. The molecule has 0 radical (unpaired) electrons. The molecule has 0 unspecified atom stereocenters. The Morgan fingerprint density at radius 1 is 1.16 bits per heavy atom. The van der Waals surface area contributed by atoms with Crippen LogP contribution in [0.3, 0.4) is 0 Å². The molecule has 0 saturated carbocycles. The van der Waals surface area contributed by atoms with Gasteiger partial charge in [0.25, 0.3) is 5.56 Å². The van der Waals surface area contributed by atoms with E-state index in [2.05, 4.69) is 15.5 Å². The normalized spacial score (nSPS) is 10.8. The molecular weight excluding hydrogens is 519 g/mol. The molecule has 4 aromatic rings. The molecular formula is C24H29FN6O6S. The number of rotatable bonds is 9. The molecule has 38 heavy (non-hydrogen) atoms. The van der Waals surface area contributed by atoms with Gasteiger partial charge in [0.15, 0.2) is 0 Å². The van der Waals surface area contributed by atoms with Crippen LogP contribution in [0.2, 0.25) is 0 Å². The van der Waals surface area contributed by atoms with E-state index in [4.69, 9.17) is 14.9 Å². The Labute approximate surface area is 220 Å². The van der Waals surface area contributed by atoms with E-state index in [0.717, 1.165) is 4.57 Å². The van der Waals surface area contributed by atoms with E-state index in [-0.39, 0.29) is 26.2 Å². The number of aliphatic hydroxyl groups is 2. The summed E-state index contributed by atoms with van der Waals surface area (Å²) in [6, 6.07) is 4.17. The first-order chi connectivity index (χ1) is 18.3. The molecule has 1 aromatic carbocycles. The average molecular weight is 549 g/mol. The van der Waals surface area contributed by atoms with Crippen molar-refractivity contribution < 1.29 is 24.1 Å². The fourth-order valence-electron chi connectivity index (χ4n) is 3.80. The molecule has 12 nitrogen and oxygen atoms in total. The van der Waals surface area contributed by atoms with Crippen molar-refractivity contribution in [1.29, 1.82) is 0 Å². The average Bonchev–Trinajstić information content (AvgIpc) is 3.55. The second kappa shape index (κ2) is 13.1. The van der Waals surface area contributed by atoms with Crippen LogP contribution in [0, 0.1) is 12.7 Å². The minimum atomic E-state index is -0.625. The molecule has 0 atom stereocenters. The summed E-state index contributed by atoms with van der Waals surface area (Å²) in [6.07, 6.45) is 3.29. The van der Waals surface area contributed by atoms with E-state index in [1.165, 1.54) is 58.4 Å². The van der Waals surface area contributed by atoms with Gasteiger partial charge in [0.1, 0.15) is 27.9 Å². The second-order valence-corrected chi connectivity index (χ2v) is 8.94. The molecule has 0 bridgehead atoms. The number of thiophene rings is 1. The lowest BCUT2D eigenvalue weighted by molar-refractivity contribution is -0.121. The molecule has 0 saturated heterocycles. The fraction of sp³-hybridized carbons (Fsp3) is 0.375. The Morgan fingerprint density at radius 2 is 1.84 bits per heavy atom. The number of likely N-dealkylation sites (N-methyl/N-ethyl adjacent to an activating group) is 1. The van der Waals surface area contributed by atoms with Crippen LogP contribution in [-0.2, 0) is 24.3 Å². The van der Waals surface area contributed by atoms with Crippen LogP contribution in [-0.4, -0.2) is 67.1 Å². The lowest BCUT2D eigenvalue weighted by atomic mass is 10.1. The van der Waals surface area contributed by atoms with Gasteiger partial charge in [0.05, 0.1) is 38.1 Å². The molecule has 0 fully saturated rings. The van der Waals surface area contributed by atoms with Crippen molar-refractivity contribution in [1.82, 2.24) is 29.4 Å². The summed E-state index contributed by atoms with van der Waals surface area (Å²) in [5.41, 5.74) is -0.00690. The van der Waals surface area contributed by atoms with Gasteiger partial charge in [-0.2, -0.15) is 10.2 Å². The largest absolute Gasteiger partial charge is 0.496 e. The van der Waals surface area contributed by atoms with E-state index in [9.17, 15) is 18.8 Å². The Morgan fingerprint density at radius 3 is 2.45 bits per heavy atom. The van der Waals surface area contributed by atoms with Crippen molar-refractivity contribution in [2.24, 2.45) is 0 Å². The number of halogens is 1. The van der Waals surface area contributed by atoms with Gasteiger partial charge in [-0.05, 0) is 44.0 Å². The van der Waals surface area contributed by atoms with Gasteiger partial charge < -0.3 is 20.3 Å². The first kappa shape index (κ1) is 28.7. The van der Waals surface area contributed by atoms with Gasteiger partial charge in [0.2, 0.25) is 5.91 Å². The van der Waals surface area contributed by atoms with Crippen LogP contribution < -0.4 is 21.3 Å². The standard InChI is InChI=1S/C22H23FN6O4S.C2H6O2/c1-4-24-17(30)12-28-19(31)18-13(2)20(29-25-8-9-26-29)34-21(18)27(22(28)32)10-7-14-11-15(23)5-6-16(14)33-3;3-1-2-4/h5-6,8-9,11H,4,7,10,12H2,1-3H3,(H,24,30);3-4H,1-2H2. The van der Waals surface area contributed by atoms with Gasteiger partial charge in [-0.15, -0.1) is 4.80 Å². The maximum atomic E-state index is 13.9.